The second-order valence-corrected chi connectivity index (χ2v) is 2.43. The molecule has 0 N–H and O–H groups in total. The average molecular weight is 206 g/mol. The highest BCUT2D eigenvalue weighted by Crippen LogP contribution is 1.87. The number of carbonyl (C=O) groups is 1. The summed E-state index contributed by atoms with van der Waals surface area (Å²) in [6.45, 7) is 11.0. The molecule has 0 saturated heterocycles. The summed E-state index contributed by atoms with van der Waals surface area (Å²) in [4.78, 5) is 10.2. The number of hydrogen-bond acceptors (Lipinski definition) is 2. The van der Waals surface area contributed by atoms with Crippen molar-refractivity contribution in [2.45, 2.75) is 6.92 Å². The normalized spacial score (nSPS) is 7.07. The molecule has 0 aromatic heterocycles. The van der Waals surface area contributed by atoms with Gasteiger partial charge in [0, 0.05) is 5.57 Å². The molecule has 0 spiro atoms. The highest BCUT2D eigenvalue weighted by Gasteiger charge is 1.95. The highest BCUT2D eigenvalue weighted by atomic mass is 16.5. The monoisotopic (exact) mass is 206 g/mol. The Morgan fingerprint density at radius 2 is 1.27 bits per heavy atom. The molecule has 1 rings (SSSR count). The van der Waals surface area contributed by atoms with E-state index in [9.17, 15) is 4.79 Å². The van der Waals surface area contributed by atoms with Gasteiger partial charge in [-0.05, 0) is 6.92 Å². The molecule has 82 valence electrons. The van der Waals surface area contributed by atoms with Crippen molar-refractivity contribution in [1.82, 2.24) is 0 Å². The van der Waals surface area contributed by atoms with E-state index in [-0.39, 0.29) is 5.97 Å². The van der Waals surface area contributed by atoms with Gasteiger partial charge in [-0.15, -0.1) is 13.2 Å². The molecule has 0 atom stereocenters. The summed E-state index contributed by atoms with van der Waals surface area (Å²) in [5.74, 6) is -0.347. The molecule has 0 aliphatic rings. The van der Waals surface area contributed by atoms with Crippen LogP contribution in [0.1, 0.15) is 6.92 Å². The molecule has 0 aliphatic carbocycles. The summed E-state index contributed by atoms with van der Waals surface area (Å²) in [6, 6.07) is 12.0. The van der Waals surface area contributed by atoms with Gasteiger partial charge < -0.3 is 4.74 Å². The van der Waals surface area contributed by atoms with Crippen LogP contribution >= 0.6 is 0 Å². The maximum Gasteiger partial charge on any atom is 0.332 e. The Morgan fingerprint density at radius 1 is 1.00 bits per heavy atom. The fourth-order valence-electron chi connectivity index (χ4n) is 0.559. The third-order valence-corrected chi connectivity index (χ3v) is 1.20. The minimum Gasteiger partial charge on any atom is -0.466 e. The third-order valence-electron chi connectivity index (χ3n) is 1.20. The first-order valence-electron chi connectivity index (χ1n) is 4.42. The van der Waals surface area contributed by atoms with Crippen LogP contribution in [0.4, 0.5) is 0 Å². The number of esters is 1. The molecule has 0 heterocycles. The first-order chi connectivity index (χ1) is 7.18. The fourth-order valence-corrected chi connectivity index (χ4v) is 0.559. The molecular weight excluding hydrogens is 188 g/mol. The lowest BCUT2D eigenvalue weighted by molar-refractivity contribution is -0.136. The molecule has 0 amide bonds. The Kier molecular flexibility index (Phi) is 12.7. The van der Waals surface area contributed by atoms with Gasteiger partial charge in [0.1, 0.15) is 0 Å². The van der Waals surface area contributed by atoms with Crippen molar-refractivity contribution in [2.75, 3.05) is 7.11 Å². The minimum atomic E-state index is -0.347. The number of ether oxygens (including phenoxy) is 1. The summed E-state index contributed by atoms with van der Waals surface area (Å²) in [6.07, 6.45) is 0. The second kappa shape index (κ2) is 12.2. The van der Waals surface area contributed by atoms with Crippen molar-refractivity contribution < 1.29 is 9.53 Å². The van der Waals surface area contributed by atoms with Crippen molar-refractivity contribution in [3.05, 3.63) is 61.7 Å². The maximum atomic E-state index is 10.2. The van der Waals surface area contributed by atoms with Crippen LogP contribution in [-0.4, -0.2) is 13.1 Å². The van der Waals surface area contributed by atoms with E-state index in [1.165, 1.54) is 7.11 Å². The van der Waals surface area contributed by atoms with Crippen molar-refractivity contribution in [2.24, 2.45) is 0 Å². The van der Waals surface area contributed by atoms with Crippen LogP contribution in [0, 0.1) is 0 Å². The Balaban J connectivity index is 0. The van der Waals surface area contributed by atoms with E-state index < -0.39 is 0 Å². The first kappa shape index (κ1) is 15.6. The van der Waals surface area contributed by atoms with Crippen molar-refractivity contribution in [1.29, 1.82) is 0 Å². The summed E-state index contributed by atoms with van der Waals surface area (Å²) in [5.41, 5.74) is 0.433. The summed E-state index contributed by atoms with van der Waals surface area (Å²) in [7, 11) is 1.33. The zero-order chi connectivity index (χ0) is 12.1. The van der Waals surface area contributed by atoms with Gasteiger partial charge in [0.25, 0.3) is 0 Å². The van der Waals surface area contributed by atoms with E-state index in [4.69, 9.17) is 0 Å². The molecule has 2 heteroatoms. The minimum absolute atomic E-state index is 0.347. The third kappa shape index (κ3) is 12.2. The zero-order valence-electron chi connectivity index (χ0n) is 9.40. The van der Waals surface area contributed by atoms with E-state index in [1.54, 1.807) is 6.92 Å². The standard InChI is InChI=1S/C6H6.C5H8O2.C2H4/c1-2-4-6-5-3-1;1-4(2)5(6)7-3;1-2/h1-6H;1H2,2-3H3;1-2H2. The van der Waals surface area contributed by atoms with Gasteiger partial charge in [0.05, 0.1) is 7.11 Å². The van der Waals surface area contributed by atoms with Gasteiger partial charge >= 0.3 is 5.97 Å². The lowest BCUT2D eigenvalue weighted by Gasteiger charge is -1.91. The molecule has 0 unspecified atom stereocenters. The topological polar surface area (TPSA) is 26.3 Å². The molecule has 0 fully saturated rings. The zero-order valence-corrected chi connectivity index (χ0v) is 9.40. The molecule has 0 saturated carbocycles. The summed E-state index contributed by atoms with van der Waals surface area (Å²) < 4.78 is 4.27. The maximum absolute atomic E-state index is 10.2. The molecule has 1 aromatic carbocycles. The highest BCUT2D eigenvalue weighted by molar-refractivity contribution is 5.86. The largest absolute Gasteiger partial charge is 0.466 e. The van der Waals surface area contributed by atoms with Gasteiger partial charge in [-0.1, -0.05) is 43.0 Å². The number of rotatable bonds is 1. The molecule has 1 aromatic rings. The molecule has 2 nitrogen and oxygen atoms in total. The Morgan fingerprint density at radius 3 is 1.33 bits per heavy atom. The van der Waals surface area contributed by atoms with Crippen LogP contribution in [0.5, 0.6) is 0 Å². The van der Waals surface area contributed by atoms with E-state index in [1.807, 2.05) is 36.4 Å². The van der Waals surface area contributed by atoms with Crippen LogP contribution in [-0.2, 0) is 9.53 Å². The van der Waals surface area contributed by atoms with Crippen molar-refractivity contribution >= 4 is 5.97 Å². The number of methoxy groups -OCH3 is 1. The molecule has 0 aliphatic heterocycles. The molecule has 15 heavy (non-hydrogen) atoms. The number of hydrogen-bond donors (Lipinski definition) is 0. The van der Waals surface area contributed by atoms with Crippen LogP contribution in [0.15, 0.2) is 61.7 Å². The van der Waals surface area contributed by atoms with Gasteiger partial charge in [0.15, 0.2) is 0 Å². The van der Waals surface area contributed by atoms with E-state index in [0.29, 0.717) is 5.57 Å². The summed E-state index contributed by atoms with van der Waals surface area (Å²) >= 11 is 0. The number of benzene rings is 1. The second-order valence-electron chi connectivity index (χ2n) is 2.43. The number of carbonyl (C=O) groups excluding carboxylic acids is 1. The quantitative estimate of drug-likeness (QED) is 0.400. The Labute approximate surface area is 91.9 Å². The van der Waals surface area contributed by atoms with Gasteiger partial charge in [0.2, 0.25) is 0 Å². The van der Waals surface area contributed by atoms with E-state index >= 15 is 0 Å². The van der Waals surface area contributed by atoms with Gasteiger partial charge in [-0.3, -0.25) is 0 Å². The van der Waals surface area contributed by atoms with Crippen LogP contribution in [0.2, 0.25) is 0 Å². The predicted molar refractivity (Wildman–Crippen MR) is 64.5 cm³/mol. The van der Waals surface area contributed by atoms with Crippen molar-refractivity contribution in [3.63, 3.8) is 0 Å². The van der Waals surface area contributed by atoms with E-state index in [2.05, 4.69) is 24.5 Å². The molecular formula is C13H18O2. The lowest BCUT2D eigenvalue weighted by Crippen LogP contribution is -1.98. The SMILES string of the molecule is C=C.C=C(C)C(=O)OC.c1ccccc1. The fraction of sp³-hybridized carbons (Fsp3) is 0.154. The molecule has 0 bridgehead atoms. The smallest absolute Gasteiger partial charge is 0.332 e. The lowest BCUT2D eigenvalue weighted by atomic mass is 10.4. The average Bonchev–Trinajstić information content (AvgIpc) is 2.33. The van der Waals surface area contributed by atoms with Crippen LogP contribution in [0.3, 0.4) is 0 Å². The van der Waals surface area contributed by atoms with Crippen LogP contribution < -0.4 is 0 Å². The summed E-state index contributed by atoms with van der Waals surface area (Å²) in [5, 5.41) is 0. The van der Waals surface area contributed by atoms with Crippen LogP contribution in [0.25, 0.3) is 0 Å². The van der Waals surface area contributed by atoms with Gasteiger partial charge in [-0.25, -0.2) is 4.79 Å². The Hall–Kier alpha value is -1.83. The van der Waals surface area contributed by atoms with Gasteiger partial charge in [-0.2, -0.15) is 0 Å². The predicted octanol–water partition coefficient (Wildman–Crippen LogP) is 3.22. The molecule has 0 radical (unpaired) electrons. The first-order valence-corrected chi connectivity index (χ1v) is 4.42. The van der Waals surface area contributed by atoms with Crippen molar-refractivity contribution in [3.8, 4) is 0 Å². The Bertz CT molecular complexity index is 238. The van der Waals surface area contributed by atoms with E-state index in [0.717, 1.165) is 0 Å².